The van der Waals surface area contributed by atoms with Gasteiger partial charge in [-0.05, 0) is 31.5 Å². The predicted molar refractivity (Wildman–Crippen MR) is 70.0 cm³/mol. The highest BCUT2D eigenvalue weighted by Crippen LogP contribution is 2.27. The molecule has 2 aromatic rings. The molecular formula is C13H16ClN3. The summed E-state index contributed by atoms with van der Waals surface area (Å²) in [6, 6.07) is 7.61. The van der Waals surface area contributed by atoms with Crippen molar-refractivity contribution in [3.8, 4) is 0 Å². The molecule has 1 atom stereocenters. The lowest BCUT2D eigenvalue weighted by Crippen LogP contribution is -2.33. The lowest BCUT2D eigenvalue weighted by atomic mass is 9.88. The smallest absolute Gasteiger partial charge is 0.0667 e. The number of hydrogen-bond donors (Lipinski definition) is 1. The van der Waals surface area contributed by atoms with Gasteiger partial charge in [-0.15, -0.1) is 0 Å². The second-order valence-electron chi connectivity index (χ2n) is 4.29. The Kier molecular flexibility index (Phi) is 3.22. The summed E-state index contributed by atoms with van der Waals surface area (Å²) in [6.45, 7) is 4.87. The van der Waals surface area contributed by atoms with Crippen molar-refractivity contribution in [1.29, 1.82) is 0 Å². The molecular weight excluding hydrogens is 234 g/mol. The molecule has 1 aromatic carbocycles. The molecule has 0 saturated carbocycles. The molecule has 4 heteroatoms. The molecule has 2 rings (SSSR count). The average molecular weight is 250 g/mol. The van der Waals surface area contributed by atoms with Crippen molar-refractivity contribution in [3.63, 3.8) is 0 Å². The Morgan fingerprint density at radius 3 is 2.47 bits per heavy atom. The Bertz CT molecular complexity index is 500. The zero-order chi connectivity index (χ0) is 12.5. The van der Waals surface area contributed by atoms with Crippen molar-refractivity contribution in [1.82, 2.24) is 9.78 Å². The third kappa shape index (κ3) is 2.35. The lowest BCUT2D eigenvalue weighted by Gasteiger charge is -2.23. The number of halogens is 1. The van der Waals surface area contributed by atoms with Crippen LogP contribution in [0.1, 0.15) is 25.0 Å². The second kappa shape index (κ2) is 4.51. The van der Waals surface area contributed by atoms with Gasteiger partial charge in [0.05, 0.1) is 11.7 Å². The number of benzene rings is 1. The molecule has 17 heavy (non-hydrogen) atoms. The van der Waals surface area contributed by atoms with Crippen LogP contribution >= 0.6 is 11.6 Å². The Hall–Kier alpha value is -1.32. The topological polar surface area (TPSA) is 43.8 Å². The maximum absolute atomic E-state index is 6.38. The standard InChI is InChI=1S/C13H16ClN3/c1-3-17-9-11(8-16-17)13(2,15)10-4-6-12(14)7-5-10/h4-9H,3,15H2,1-2H3. The minimum absolute atomic E-state index is 0.544. The van der Waals surface area contributed by atoms with E-state index in [1.54, 1.807) is 0 Å². The predicted octanol–water partition coefficient (Wildman–Crippen LogP) is 2.78. The molecule has 1 aromatic heterocycles. The highest BCUT2D eigenvalue weighted by atomic mass is 35.5. The normalized spacial score (nSPS) is 14.6. The van der Waals surface area contributed by atoms with Crippen LogP contribution in [0.5, 0.6) is 0 Å². The highest BCUT2D eigenvalue weighted by molar-refractivity contribution is 6.30. The van der Waals surface area contributed by atoms with Gasteiger partial charge in [0.15, 0.2) is 0 Å². The third-order valence-corrected chi connectivity index (χ3v) is 3.25. The van der Waals surface area contributed by atoms with Crippen molar-refractivity contribution in [3.05, 3.63) is 52.8 Å². The summed E-state index contributed by atoms with van der Waals surface area (Å²) in [5, 5.41) is 4.97. The van der Waals surface area contributed by atoms with Crippen LogP contribution in [0.3, 0.4) is 0 Å². The highest BCUT2D eigenvalue weighted by Gasteiger charge is 2.25. The van der Waals surface area contributed by atoms with Crippen LogP contribution in [0.15, 0.2) is 36.7 Å². The molecule has 0 radical (unpaired) electrons. The fourth-order valence-electron chi connectivity index (χ4n) is 1.77. The first-order valence-electron chi connectivity index (χ1n) is 5.62. The van der Waals surface area contributed by atoms with Crippen molar-refractivity contribution in [2.75, 3.05) is 0 Å². The Balaban J connectivity index is 2.37. The van der Waals surface area contributed by atoms with E-state index >= 15 is 0 Å². The maximum Gasteiger partial charge on any atom is 0.0667 e. The number of aryl methyl sites for hydroxylation is 1. The van der Waals surface area contributed by atoms with Crippen molar-refractivity contribution >= 4 is 11.6 Å². The van der Waals surface area contributed by atoms with Crippen LogP contribution in [-0.4, -0.2) is 9.78 Å². The third-order valence-electron chi connectivity index (χ3n) is 3.00. The molecule has 0 aliphatic rings. The van der Waals surface area contributed by atoms with Gasteiger partial charge in [-0.2, -0.15) is 5.10 Å². The maximum atomic E-state index is 6.38. The van der Waals surface area contributed by atoms with E-state index < -0.39 is 5.54 Å². The molecule has 0 aliphatic carbocycles. The zero-order valence-corrected chi connectivity index (χ0v) is 10.8. The number of rotatable bonds is 3. The Labute approximate surface area is 106 Å². The average Bonchev–Trinajstić information content (AvgIpc) is 2.78. The van der Waals surface area contributed by atoms with Gasteiger partial charge in [0.1, 0.15) is 0 Å². The van der Waals surface area contributed by atoms with Crippen LogP contribution in [0.2, 0.25) is 5.02 Å². The molecule has 2 N–H and O–H groups in total. The van der Waals surface area contributed by atoms with Crippen LogP contribution in [0.25, 0.3) is 0 Å². The molecule has 1 unspecified atom stereocenters. The molecule has 3 nitrogen and oxygen atoms in total. The molecule has 1 heterocycles. The van der Waals surface area contributed by atoms with E-state index in [0.29, 0.717) is 5.02 Å². The molecule has 0 spiro atoms. The van der Waals surface area contributed by atoms with Crippen molar-refractivity contribution < 1.29 is 0 Å². The van der Waals surface area contributed by atoms with Gasteiger partial charge in [-0.1, -0.05) is 23.7 Å². The number of hydrogen-bond acceptors (Lipinski definition) is 2. The summed E-state index contributed by atoms with van der Waals surface area (Å²) in [6.07, 6.45) is 3.80. The van der Waals surface area contributed by atoms with E-state index in [9.17, 15) is 0 Å². The minimum atomic E-state index is -0.544. The van der Waals surface area contributed by atoms with Gasteiger partial charge in [0.25, 0.3) is 0 Å². The number of aromatic nitrogens is 2. The second-order valence-corrected chi connectivity index (χ2v) is 4.73. The summed E-state index contributed by atoms with van der Waals surface area (Å²) in [4.78, 5) is 0. The molecule has 90 valence electrons. The van der Waals surface area contributed by atoms with E-state index in [-0.39, 0.29) is 0 Å². The molecule has 0 bridgehead atoms. The van der Waals surface area contributed by atoms with E-state index in [1.807, 2.05) is 55.2 Å². The molecule has 0 fully saturated rings. The van der Waals surface area contributed by atoms with Crippen molar-refractivity contribution in [2.24, 2.45) is 5.73 Å². The van der Waals surface area contributed by atoms with Gasteiger partial charge in [-0.3, -0.25) is 4.68 Å². The number of nitrogens with zero attached hydrogens (tertiary/aromatic N) is 2. The molecule has 0 saturated heterocycles. The molecule has 0 aliphatic heterocycles. The van der Waals surface area contributed by atoms with Gasteiger partial charge in [-0.25, -0.2) is 0 Å². The summed E-state index contributed by atoms with van der Waals surface area (Å²) < 4.78 is 1.87. The summed E-state index contributed by atoms with van der Waals surface area (Å²) >= 11 is 5.88. The zero-order valence-electron chi connectivity index (χ0n) is 10.0. The minimum Gasteiger partial charge on any atom is -0.318 e. The summed E-state index contributed by atoms with van der Waals surface area (Å²) in [5.41, 5.74) is 7.86. The van der Waals surface area contributed by atoms with E-state index in [4.69, 9.17) is 17.3 Å². The quantitative estimate of drug-likeness (QED) is 0.909. The largest absolute Gasteiger partial charge is 0.318 e. The summed E-state index contributed by atoms with van der Waals surface area (Å²) in [5.74, 6) is 0. The Morgan fingerprint density at radius 1 is 1.29 bits per heavy atom. The first-order chi connectivity index (χ1) is 8.04. The monoisotopic (exact) mass is 249 g/mol. The van der Waals surface area contributed by atoms with Crippen molar-refractivity contribution in [2.45, 2.75) is 25.9 Å². The first-order valence-corrected chi connectivity index (χ1v) is 5.99. The fourth-order valence-corrected chi connectivity index (χ4v) is 1.89. The van der Waals surface area contributed by atoms with Gasteiger partial charge < -0.3 is 5.73 Å². The van der Waals surface area contributed by atoms with Gasteiger partial charge in [0, 0.05) is 23.3 Å². The van der Waals surface area contributed by atoms with E-state index in [1.165, 1.54) is 0 Å². The van der Waals surface area contributed by atoms with E-state index in [0.717, 1.165) is 17.7 Å². The van der Waals surface area contributed by atoms with Crippen LogP contribution in [0, 0.1) is 0 Å². The van der Waals surface area contributed by atoms with Crippen LogP contribution < -0.4 is 5.73 Å². The number of nitrogens with two attached hydrogens (primary N) is 1. The molecule has 0 amide bonds. The van der Waals surface area contributed by atoms with E-state index in [2.05, 4.69) is 5.10 Å². The lowest BCUT2D eigenvalue weighted by molar-refractivity contribution is 0.598. The van der Waals surface area contributed by atoms with Gasteiger partial charge >= 0.3 is 0 Å². The van der Waals surface area contributed by atoms with Crippen LogP contribution in [0.4, 0.5) is 0 Å². The van der Waals surface area contributed by atoms with Crippen LogP contribution in [-0.2, 0) is 12.1 Å². The first kappa shape index (κ1) is 12.1. The van der Waals surface area contributed by atoms with Gasteiger partial charge in [0.2, 0.25) is 0 Å². The fraction of sp³-hybridized carbons (Fsp3) is 0.308. The summed E-state index contributed by atoms with van der Waals surface area (Å²) in [7, 11) is 0. The Morgan fingerprint density at radius 2 is 1.94 bits per heavy atom. The SMILES string of the molecule is CCn1cc(C(C)(N)c2ccc(Cl)cc2)cn1.